The first-order valence-electron chi connectivity index (χ1n) is 9.47. The van der Waals surface area contributed by atoms with Gasteiger partial charge in [0.25, 0.3) is 0 Å². The Morgan fingerprint density at radius 2 is 1.86 bits per heavy atom. The summed E-state index contributed by atoms with van der Waals surface area (Å²) in [6.45, 7) is 9.68. The Morgan fingerprint density at radius 3 is 2.45 bits per heavy atom. The van der Waals surface area contributed by atoms with Crippen molar-refractivity contribution in [2.75, 3.05) is 18.8 Å². The van der Waals surface area contributed by atoms with Crippen molar-refractivity contribution in [2.45, 2.75) is 51.0 Å². The maximum Gasteiger partial charge on any atom is 0.216 e. The molecule has 0 aliphatic carbocycles. The molecular weight excluding hydrogens is 503 g/mol. The van der Waals surface area contributed by atoms with E-state index in [0.717, 1.165) is 5.76 Å². The predicted octanol–water partition coefficient (Wildman–Crippen LogP) is 3.51. The fraction of sp³-hybridized carbons (Fsp3) is 0.500. The molecule has 2 aromatic rings. The van der Waals surface area contributed by atoms with Gasteiger partial charge in [0, 0.05) is 18.5 Å². The van der Waals surface area contributed by atoms with Gasteiger partial charge in [-0.3, -0.25) is 0 Å². The van der Waals surface area contributed by atoms with E-state index >= 15 is 0 Å². The third kappa shape index (κ3) is 8.33. The van der Waals surface area contributed by atoms with Crippen LogP contribution in [0.15, 0.2) is 50.8 Å². The van der Waals surface area contributed by atoms with Gasteiger partial charge in [-0.15, -0.1) is 24.0 Å². The number of hydrogen-bond donors (Lipinski definition) is 2. The van der Waals surface area contributed by atoms with Gasteiger partial charge >= 0.3 is 0 Å². The van der Waals surface area contributed by atoms with Crippen molar-refractivity contribution in [3.05, 3.63) is 48.2 Å². The largest absolute Gasteiger partial charge is 0.443 e. The number of benzene rings is 1. The van der Waals surface area contributed by atoms with E-state index in [1.54, 1.807) is 36.5 Å². The summed E-state index contributed by atoms with van der Waals surface area (Å²) in [5.41, 5.74) is -0.0953. The molecule has 0 aliphatic heterocycles. The second-order valence-electron chi connectivity index (χ2n) is 7.48. The molecule has 0 unspecified atom stereocenters. The van der Waals surface area contributed by atoms with Crippen molar-refractivity contribution in [1.29, 1.82) is 0 Å². The van der Waals surface area contributed by atoms with Crippen LogP contribution in [0.25, 0.3) is 0 Å². The van der Waals surface area contributed by atoms with Crippen LogP contribution in [0.2, 0.25) is 0 Å². The number of aromatic nitrogens is 1. The van der Waals surface area contributed by atoms with E-state index in [1.807, 2.05) is 6.92 Å². The number of nitrogens with one attached hydrogen (secondary N) is 2. The fourth-order valence-electron chi connectivity index (χ4n) is 2.43. The van der Waals surface area contributed by atoms with Gasteiger partial charge in [-0.1, -0.05) is 39.0 Å². The number of aliphatic imine (C=N–C) groups is 1. The van der Waals surface area contributed by atoms with Crippen molar-refractivity contribution < 1.29 is 12.8 Å². The third-order valence-electron chi connectivity index (χ3n) is 3.99. The quantitative estimate of drug-likeness (QED) is 0.233. The molecule has 2 N–H and O–H groups in total. The normalized spacial score (nSPS) is 12.3. The van der Waals surface area contributed by atoms with Crippen LogP contribution in [0.1, 0.15) is 45.8 Å². The molecule has 29 heavy (non-hydrogen) atoms. The lowest BCUT2D eigenvalue weighted by Crippen LogP contribution is -2.38. The molecule has 0 atom stereocenters. The average Bonchev–Trinajstić information content (AvgIpc) is 3.13. The molecule has 1 aromatic carbocycles. The molecule has 0 fully saturated rings. The maximum atomic E-state index is 12.3. The van der Waals surface area contributed by atoms with Crippen LogP contribution in [0.5, 0.6) is 0 Å². The van der Waals surface area contributed by atoms with Crippen molar-refractivity contribution in [1.82, 2.24) is 15.6 Å². The summed E-state index contributed by atoms with van der Waals surface area (Å²) in [4.78, 5) is 9.08. The van der Waals surface area contributed by atoms with Crippen LogP contribution in [0.4, 0.5) is 0 Å². The number of halogens is 1. The molecule has 9 heteroatoms. The standard InChI is InChI=1S/C20H30N4O3S.HI/c1-5-21-19(24-15-18-23-14-17(27-18)20(2,3)4)22-12-9-13-28(25,26)16-10-7-6-8-11-16;/h6-8,10-11,14H,5,9,12-13,15H2,1-4H3,(H2,21,22,24);1H. The van der Waals surface area contributed by atoms with Crippen LogP contribution < -0.4 is 10.6 Å². The predicted molar refractivity (Wildman–Crippen MR) is 127 cm³/mol. The highest BCUT2D eigenvalue weighted by atomic mass is 127. The lowest BCUT2D eigenvalue weighted by atomic mass is 9.94. The SMILES string of the molecule is CCNC(=NCc1ncc(C(C)(C)C)o1)NCCCS(=O)(=O)c1ccccc1.I. The molecule has 0 saturated carbocycles. The topological polar surface area (TPSA) is 96.6 Å². The monoisotopic (exact) mass is 534 g/mol. The first-order valence-corrected chi connectivity index (χ1v) is 11.1. The number of guanidine groups is 1. The lowest BCUT2D eigenvalue weighted by Gasteiger charge is -2.13. The number of sulfone groups is 1. The molecule has 1 heterocycles. The van der Waals surface area contributed by atoms with Crippen molar-refractivity contribution >= 4 is 39.8 Å². The third-order valence-corrected chi connectivity index (χ3v) is 5.81. The Bertz CT molecular complexity index is 875. The molecule has 0 saturated heterocycles. The Morgan fingerprint density at radius 1 is 1.17 bits per heavy atom. The number of oxazole rings is 1. The molecule has 162 valence electrons. The second kappa shape index (κ2) is 11.5. The minimum atomic E-state index is -3.26. The average molecular weight is 534 g/mol. The smallest absolute Gasteiger partial charge is 0.216 e. The van der Waals surface area contributed by atoms with Gasteiger partial charge in [-0.2, -0.15) is 0 Å². The van der Waals surface area contributed by atoms with Crippen molar-refractivity contribution in [2.24, 2.45) is 4.99 Å². The zero-order chi connectivity index (χ0) is 20.6. The number of nitrogens with zero attached hydrogens (tertiary/aromatic N) is 2. The second-order valence-corrected chi connectivity index (χ2v) is 9.58. The fourth-order valence-corrected chi connectivity index (χ4v) is 3.77. The first kappa shape index (κ1) is 25.4. The van der Waals surface area contributed by atoms with Crippen molar-refractivity contribution in [3.8, 4) is 0 Å². The molecule has 0 spiro atoms. The molecule has 0 radical (unpaired) electrons. The van der Waals surface area contributed by atoms with Gasteiger partial charge < -0.3 is 15.1 Å². The molecule has 2 rings (SSSR count). The number of rotatable bonds is 8. The highest BCUT2D eigenvalue weighted by molar-refractivity contribution is 14.0. The maximum absolute atomic E-state index is 12.3. The van der Waals surface area contributed by atoms with E-state index in [9.17, 15) is 8.42 Å². The Hall–Kier alpha value is -1.62. The van der Waals surface area contributed by atoms with E-state index in [2.05, 4.69) is 41.4 Å². The van der Waals surface area contributed by atoms with Crippen LogP contribution in [0, 0.1) is 0 Å². The van der Waals surface area contributed by atoms with Crippen LogP contribution >= 0.6 is 24.0 Å². The summed E-state index contributed by atoms with van der Waals surface area (Å²) >= 11 is 0. The Kier molecular flexibility index (Phi) is 10.1. The lowest BCUT2D eigenvalue weighted by molar-refractivity contribution is 0.383. The zero-order valence-corrected chi connectivity index (χ0v) is 20.6. The summed E-state index contributed by atoms with van der Waals surface area (Å²) in [6, 6.07) is 8.51. The Labute approximate surface area is 190 Å². The van der Waals surface area contributed by atoms with Gasteiger partial charge in [0.1, 0.15) is 12.3 Å². The van der Waals surface area contributed by atoms with Gasteiger partial charge in [-0.25, -0.2) is 18.4 Å². The van der Waals surface area contributed by atoms with E-state index in [1.165, 1.54) is 0 Å². The first-order chi connectivity index (χ1) is 13.2. The van der Waals surface area contributed by atoms with E-state index in [0.29, 0.717) is 42.8 Å². The van der Waals surface area contributed by atoms with E-state index < -0.39 is 9.84 Å². The van der Waals surface area contributed by atoms with Gasteiger partial charge in [0.2, 0.25) is 5.89 Å². The van der Waals surface area contributed by atoms with Gasteiger partial charge in [-0.05, 0) is 25.5 Å². The highest BCUT2D eigenvalue weighted by Gasteiger charge is 2.19. The molecule has 0 aliphatic rings. The molecule has 1 aromatic heterocycles. The van der Waals surface area contributed by atoms with Crippen LogP contribution in [-0.2, 0) is 21.8 Å². The number of hydrogen-bond acceptors (Lipinski definition) is 5. The summed E-state index contributed by atoms with van der Waals surface area (Å²) in [6.07, 6.45) is 2.22. The van der Waals surface area contributed by atoms with E-state index in [-0.39, 0.29) is 35.1 Å². The van der Waals surface area contributed by atoms with Crippen LogP contribution in [-0.4, -0.2) is 38.2 Å². The van der Waals surface area contributed by atoms with Gasteiger partial charge in [0.05, 0.1) is 16.8 Å². The molecule has 0 bridgehead atoms. The summed E-state index contributed by atoms with van der Waals surface area (Å²) in [7, 11) is -3.26. The zero-order valence-electron chi connectivity index (χ0n) is 17.4. The molecule has 7 nitrogen and oxygen atoms in total. The summed E-state index contributed by atoms with van der Waals surface area (Å²) < 4.78 is 30.3. The summed E-state index contributed by atoms with van der Waals surface area (Å²) in [5, 5.41) is 6.30. The summed E-state index contributed by atoms with van der Waals surface area (Å²) in [5.74, 6) is 2.06. The van der Waals surface area contributed by atoms with Crippen LogP contribution in [0.3, 0.4) is 0 Å². The van der Waals surface area contributed by atoms with Crippen molar-refractivity contribution in [3.63, 3.8) is 0 Å². The minimum Gasteiger partial charge on any atom is -0.443 e. The molecular formula is C20H31IN4O3S. The van der Waals surface area contributed by atoms with Gasteiger partial charge in [0.15, 0.2) is 15.8 Å². The Balaban J connectivity index is 0.00000420. The minimum absolute atomic E-state index is 0. The van der Waals surface area contributed by atoms with E-state index in [4.69, 9.17) is 4.42 Å². The molecule has 0 amide bonds. The highest BCUT2D eigenvalue weighted by Crippen LogP contribution is 2.22.